The highest BCUT2D eigenvalue weighted by atomic mass is 19.4. The molecule has 0 aromatic heterocycles. The molecule has 0 bridgehead atoms. The number of cyclic esters (lactones) is 1. The first kappa shape index (κ1) is 24.9. The second-order valence-corrected chi connectivity index (χ2v) is 7.79. The Kier molecular flexibility index (Phi) is 7.38. The second-order valence-electron chi connectivity index (χ2n) is 7.79. The first-order chi connectivity index (χ1) is 16.0. The summed E-state index contributed by atoms with van der Waals surface area (Å²) in [5.74, 6) is -0.948. The third kappa shape index (κ3) is 5.81. The van der Waals surface area contributed by atoms with Crippen LogP contribution in [0.1, 0.15) is 46.8 Å². The Hall–Kier alpha value is -3.69. The number of ether oxygens (including phenoxy) is 3. The maximum Gasteiger partial charge on any atom is 0.573 e. The third-order valence-corrected chi connectivity index (χ3v) is 5.42. The van der Waals surface area contributed by atoms with E-state index in [1.54, 1.807) is 6.92 Å². The van der Waals surface area contributed by atoms with E-state index < -0.39 is 12.3 Å². The lowest BCUT2D eigenvalue weighted by Gasteiger charge is -2.15. The minimum absolute atomic E-state index is 0.0895. The van der Waals surface area contributed by atoms with E-state index in [2.05, 4.69) is 10.1 Å². The predicted molar refractivity (Wildman–Crippen MR) is 117 cm³/mol. The zero-order valence-electron chi connectivity index (χ0n) is 18.8. The van der Waals surface area contributed by atoms with Crippen LogP contribution in [-0.2, 0) is 22.6 Å². The van der Waals surface area contributed by atoms with Gasteiger partial charge in [0.05, 0.1) is 7.11 Å². The Morgan fingerprint density at radius 2 is 1.91 bits per heavy atom. The molecule has 3 rings (SSSR count). The van der Waals surface area contributed by atoms with E-state index in [0.717, 1.165) is 23.3 Å². The minimum atomic E-state index is -4.78. The average molecular weight is 479 g/mol. The Balaban J connectivity index is 1.60. The fourth-order valence-electron chi connectivity index (χ4n) is 3.68. The van der Waals surface area contributed by atoms with E-state index in [4.69, 9.17) is 9.47 Å². The summed E-state index contributed by atoms with van der Waals surface area (Å²) in [7, 11) is 1.48. The zero-order chi connectivity index (χ0) is 25.0. The first-order valence-electron chi connectivity index (χ1n) is 10.4. The molecule has 0 aliphatic carbocycles. The summed E-state index contributed by atoms with van der Waals surface area (Å²) >= 11 is 0. The van der Waals surface area contributed by atoms with Crippen LogP contribution in [0, 0.1) is 6.92 Å². The SMILES string of the molecule is COc1c(C)c2c(c(O)c1CC=C(C)CCC(=O)Nc1ccc(OC(F)(F)F)cc1)C(=O)OC2. The largest absolute Gasteiger partial charge is 0.573 e. The molecule has 0 spiro atoms. The number of carbonyl (C=O) groups is 2. The molecule has 182 valence electrons. The smallest absolute Gasteiger partial charge is 0.507 e. The molecular formula is C24H24F3NO6. The number of halogens is 3. The Labute approximate surface area is 194 Å². The summed E-state index contributed by atoms with van der Waals surface area (Å²) in [4.78, 5) is 24.2. The fourth-order valence-corrected chi connectivity index (χ4v) is 3.68. The predicted octanol–water partition coefficient (Wildman–Crippen LogP) is 5.19. The lowest BCUT2D eigenvalue weighted by atomic mass is 9.94. The number of hydrogen-bond acceptors (Lipinski definition) is 6. The topological polar surface area (TPSA) is 94.1 Å². The van der Waals surface area contributed by atoms with Crippen LogP contribution in [0.4, 0.5) is 18.9 Å². The van der Waals surface area contributed by atoms with Gasteiger partial charge >= 0.3 is 12.3 Å². The van der Waals surface area contributed by atoms with Gasteiger partial charge in [-0.2, -0.15) is 0 Å². The molecule has 0 fully saturated rings. The van der Waals surface area contributed by atoms with Crippen molar-refractivity contribution in [3.63, 3.8) is 0 Å². The maximum atomic E-state index is 12.2. The molecule has 0 saturated carbocycles. The van der Waals surface area contributed by atoms with Gasteiger partial charge in [0.2, 0.25) is 5.91 Å². The van der Waals surface area contributed by atoms with Gasteiger partial charge in [-0.05, 0) is 56.5 Å². The highest BCUT2D eigenvalue weighted by molar-refractivity contribution is 5.98. The van der Waals surface area contributed by atoms with Gasteiger partial charge in [-0.15, -0.1) is 13.2 Å². The number of methoxy groups -OCH3 is 1. The number of hydrogen-bond donors (Lipinski definition) is 2. The summed E-state index contributed by atoms with van der Waals surface area (Å²) in [5.41, 5.74) is 3.17. The van der Waals surface area contributed by atoms with E-state index in [-0.39, 0.29) is 42.4 Å². The lowest BCUT2D eigenvalue weighted by Crippen LogP contribution is -2.17. The average Bonchev–Trinajstić information content (AvgIpc) is 3.16. The van der Waals surface area contributed by atoms with Crippen molar-refractivity contribution in [3.05, 3.63) is 58.2 Å². The van der Waals surface area contributed by atoms with Crippen molar-refractivity contribution < 1.29 is 42.1 Å². The van der Waals surface area contributed by atoms with Crippen LogP contribution in [0.15, 0.2) is 35.9 Å². The molecule has 34 heavy (non-hydrogen) atoms. The molecule has 7 nitrogen and oxygen atoms in total. The van der Waals surface area contributed by atoms with E-state index in [9.17, 15) is 27.9 Å². The number of alkyl halides is 3. The van der Waals surface area contributed by atoms with Crippen LogP contribution >= 0.6 is 0 Å². The van der Waals surface area contributed by atoms with Crippen molar-refractivity contribution in [2.24, 2.45) is 0 Å². The van der Waals surface area contributed by atoms with Crippen molar-refractivity contribution in [2.45, 2.75) is 46.1 Å². The van der Waals surface area contributed by atoms with Gasteiger partial charge in [-0.25, -0.2) is 4.79 Å². The molecule has 0 unspecified atom stereocenters. The highest BCUT2D eigenvalue weighted by Crippen LogP contribution is 2.42. The van der Waals surface area contributed by atoms with Crippen LogP contribution in [0.25, 0.3) is 0 Å². The number of rotatable bonds is 8. The fraction of sp³-hybridized carbons (Fsp3) is 0.333. The molecule has 2 aromatic rings. The molecule has 2 N–H and O–H groups in total. The Morgan fingerprint density at radius 3 is 2.53 bits per heavy atom. The van der Waals surface area contributed by atoms with Crippen molar-refractivity contribution >= 4 is 17.6 Å². The summed E-state index contributed by atoms with van der Waals surface area (Å²) in [6, 6.07) is 4.86. The molecule has 0 saturated heterocycles. The molecule has 1 aliphatic rings. The first-order valence-corrected chi connectivity index (χ1v) is 10.4. The summed E-state index contributed by atoms with van der Waals surface area (Å²) in [5, 5.41) is 13.3. The number of anilines is 1. The van der Waals surface area contributed by atoms with Crippen LogP contribution in [0.2, 0.25) is 0 Å². The van der Waals surface area contributed by atoms with E-state index in [0.29, 0.717) is 29.0 Å². The standard InChI is InChI=1S/C24H24F3NO6/c1-13(5-11-19(29)28-15-6-8-16(9-7-15)34-24(25,26)27)4-10-17-21(30)20-18(12-33-23(20)31)14(2)22(17)32-3/h4,6-9,30H,5,10-12H2,1-3H3,(H,28,29). The summed E-state index contributed by atoms with van der Waals surface area (Å²) < 4.78 is 50.9. The molecule has 1 amide bonds. The van der Waals surface area contributed by atoms with Crippen LogP contribution in [0.3, 0.4) is 0 Å². The number of fused-ring (bicyclic) bond motifs is 1. The molecule has 0 radical (unpaired) electrons. The van der Waals surface area contributed by atoms with Crippen molar-refractivity contribution in [1.82, 2.24) is 0 Å². The lowest BCUT2D eigenvalue weighted by molar-refractivity contribution is -0.274. The number of carbonyl (C=O) groups excluding carboxylic acids is 2. The monoisotopic (exact) mass is 479 g/mol. The molecule has 2 aromatic carbocycles. The van der Waals surface area contributed by atoms with E-state index in [1.165, 1.54) is 19.2 Å². The van der Waals surface area contributed by atoms with Gasteiger partial charge in [0.1, 0.15) is 29.4 Å². The molecule has 0 atom stereocenters. The number of esters is 1. The zero-order valence-corrected chi connectivity index (χ0v) is 18.8. The van der Waals surface area contributed by atoms with Crippen LogP contribution in [0.5, 0.6) is 17.2 Å². The van der Waals surface area contributed by atoms with E-state index in [1.807, 2.05) is 13.0 Å². The second kappa shape index (κ2) is 10.1. The third-order valence-electron chi connectivity index (χ3n) is 5.42. The summed E-state index contributed by atoms with van der Waals surface area (Å²) in [6.07, 6.45) is -2.11. The number of allylic oxidation sites excluding steroid dienone is 2. The molecule has 10 heteroatoms. The van der Waals surface area contributed by atoms with E-state index >= 15 is 0 Å². The van der Waals surface area contributed by atoms with Crippen molar-refractivity contribution in [2.75, 3.05) is 12.4 Å². The number of phenols is 1. The Morgan fingerprint density at radius 1 is 1.24 bits per heavy atom. The number of benzene rings is 2. The van der Waals surface area contributed by atoms with Gasteiger partial charge in [-0.3, -0.25) is 4.79 Å². The quantitative estimate of drug-likeness (QED) is 0.400. The number of aromatic hydroxyl groups is 1. The van der Waals surface area contributed by atoms with Gasteiger partial charge in [-0.1, -0.05) is 11.6 Å². The molecule has 1 aliphatic heterocycles. The molecular weight excluding hydrogens is 455 g/mol. The normalized spacial score (nSPS) is 13.4. The van der Waals surface area contributed by atoms with Gasteiger partial charge in [0.15, 0.2) is 0 Å². The number of amides is 1. The van der Waals surface area contributed by atoms with Gasteiger partial charge in [0, 0.05) is 23.2 Å². The number of nitrogens with one attached hydrogen (secondary N) is 1. The van der Waals surface area contributed by atoms with Gasteiger partial charge < -0.3 is 24.6 Å². The number of phenolic OH excluding ortho intramolecular Hbond substituents is 1. The van der Waals surface area contributed by atoms with Crippen LogP contribution < -0.4 is 14.8 Å². The molecule has 1 heterocycles. The van der Waals surface area contributed by atoms with Crippen molar-refractivity contribution in [3.8, 4) is 17.2 Å². The maximum absolute atomic E-state index is 12.2. The summed E-state index contributed by atoms with van der Waals surface area (Å²) in [6.45, 7) is 3.71. The Bertz CT molecular complexity index is 1120. The van der Waals surface area contributed by atoms with Crippen LogP contribution in [-0.4, -0.2) is 30.5 Å². The minimum Gasteiger partial charge on any atom is -0.507 e. The van der Waals surface area contributed by atoms with Gasteiger partial charge in [0.25, 0.3) is 0 Å². The highest BCUT2D eigenvalue weighted by Gasteiger charge is 2.32. The van der Waals surface area contributed by atoms with Crippen molar-refractivity contribution in [1.29, 1.82) is 0 Å².